The van der Waals surface area contributed by atoms with Gasteiger partial charge >= 0.3 is 0 Å². The van der Waals surface area contributed by atoms with Crippen LogP contribution in [0.1, 0.15) is 6.92 Å². The van der Waals surface area contributed by atoms with Gasteiger partial charge in [-0.15, -0.1) is 0 Å². The summed E-state index contributed by atoms with van der Waals surface area (Å²) in [7, 11) is -3.18. The standard InChI is InChI=1S/C8H13IN4O2S/c1-2-13-16(14,15)4-3-10-8-11-5-7(9)6-12-8/h5-6,13H,2-4H2,1H3,(H,10,11,12). The van der Waals surface area contributed by atoms with Gasteiger partial charge in [-0.1, -0.05) is 6.92 Å². The maximum atomic E-state index is 11.3. The molecule has 1 aromatic heterocycles. The Morgan fingerprint density at radius 1 is 1.38 bits per heavy atom. The summed E-state index contributed by atoms with van der Waals surface area (Å²) in [6.07, 6.45) is 3.32. The summed E-state index contributed by atoms with van der Waals surface area (Å²) < 4.78 is 25.9. The molecule has 1 rings (SSSR count). The molecule has 0 amide bonds. The molecular weight excluding hydrogens is 343 g/mol. The molecule has 8 heteroatoms. The van der Waals surface area contributed by atoms with Gasteiger partial charge in [-0.2, -0.15) is 0 Å². The van der Waals surface area contributed by atoms with Crippen molar-refractivity contribution in [1.29, 1.82) is 0 Å². The van der Waals surface area contributed by atoms with Gasteiger partial charge in [0.15, 0.2) is 0 Å². The number of nitrogens with zero attached hydrogens (tertiary/aromatic N) is 2. The summed E-state index contributed by atoms with van der Waals surface area (Å²) in [5.41, 5.74) is 0. The highest BCUT2D eigenvalue weighted by Gasteiger charge is 2.07. The van der Waals surface area contributed by atoms with Crippen LogP contribution in [0.2, 0.25) is 0 Å². The fraction of sp³-hybridized carbons (Fsp3) is 0.500. The highest BCUT2D eigenvalue weighted by Crippen LogP contribution is 2.02. The van der Waals surface area contributed by atoms with E-state index in [0.29, 0.717) is 12.5 Å². The van der Waals surface area contributed by atoms with Gasteiger partial charge in [-0.05, 0) is 22.6 Å². The van der Waals surface area contributed by atoms with E-state index in [9.17, 15) is 8.42 Å². The summed E-state index contributed by atoms with van der Waals surface area (Å²) in [6, 6.07) is 0. The third-order valence-corrected chi connectivity index (χ3v) is 3.67. The molecule has 0 unspecified atom stereocenters. The fourth-order valence-electron chi connectivity index (χ4n) is 0.993. The van der Waals surface area contributed by atoms with Crippen molar-refractivity contribution in [3.8, 4) is 0 Å². The van der Waals surface area contributed by atoms with Crippen LogP contribution < -0.4 is 10.0 Å². The number of aromatic nitrogens is 2. The first-order chi connectivity index (χ1) is 7.53. The van der Waals surface area contributed by atoms with Crippen LogP contribution in [0, 0.1) is 3.57 Å². The van der Waals surface area contributed by atoms with Crippen molar-refractivity contribution >= 4 is 38.6 Å². The quantitative estimate of drug-likeness (QED) is 0.723. The monoisotopic (exact) mass is 356 g/mol. The second kappa shape index (κ2) is 6.30. The molecule has 6 nitrogen and oxygen atoms in total. The molecule has 1 aromatic rings. The van der Waals surface area contributed by atoms with Gasteiger partial charge in [0, 0.05) is 29.1 Å². The minimum atomic E-state index is -3.18. The lowest BCUT2D eigenvalue weighted by molar-refractivity contribution is 0.584. The first-order valence-electron chi connectivity index (χ1n) is 4.72. The molecule has 0 aromatic carbocycles. The largest absolute Gasteiger partial charge is 0.353 e. The Balaban J connectivity index is 2.39. The van der Waals surface area contributed by atoms with Crippen LogP contribution in [0.4, 0.5) is 5.95 Å². The fourth-order valence-corrected chi connectivity index (χ4v) is 2.23. The number of anilines is 1. The number of hydrogen-bond donors (Lipinski definition) is 2. The van der Waals surface area contributed by atoms with Crippen LogP contribution >= 0.6 is 22.6 Å². The minimum absolute atomic E-state index is 0.0101. The summed E-state index contributed by atoms with van der Waals surface area (Å²) >= 11 is 2.10. The summed E-state index contributed by atoms with van der Waals surface area (Å²) in [5.74, 6) is 0.447. The second-order valence-electron chi connectivity index (χ2n) is 2.97. The van der Waals surface area contributed by atoms with Crippen molar-refractivity contribution in [2.24, 2.45) is 0 Å². The van der Waals surface area contributed by atoms with Crippen LogP contribution in [-0.4, -0.2) is 37.2 Å². The topological polar surface area (TPSA) is 84.0 Å². The Hall–Kier alpha value is -0.480. The lowest BCUT2D eigenvalue weighted by atomic mass is 10.6. The average Bonchev–Trinajstić information content (AvgIpc) is 2.20. The highest BCUT2D eigenvalue weighted by atomic mass is 127. The van der Waals surface area contributed by atoms with Gasteiger partial charge in [-0.3, -0.25) is 0 Å². The Morgan fingerprint density at radius 2 is 2.00 bits per heavy atom. The lowest BCUT2D eigenvalue weighted by Gasteiger charge is -2.05. The van der Waals surface area contributed by atoms with Crippen molar-refractivity contribution in [2.75, 3.05) is 24.2 Å². The lowest BCUT2D eigenvalue weighted by Crippen LogP contribution is -2.29. The Morgan fingerprint density at radius 3 is 2.56 bits per heavy atom. The first-order valence-corrected chi connectivity index (χ1v) is 7.45. The average molecular weight is 356 g/mol. The van der Waals surface area contributed by atoms with Crippen LogP contribution in [0.5, 0.6) is 0 Å². The SMILES string of the molecule is CCNS(=O)(=O)CCNc1ncc(I)cn1. The maximum Gasteiger partial charge on any atom is 0.222 e. The van der Waals surface area contributed by atoms with Gasteiger partial charge in [-0.25, -0.2) is 23.1 Å². The molecule has 0 radical (unpaired) electrons. The zero-order valence-electron chi connectivity index (χ0n) is 8.77. The van der Waals surface area contributed by atoms with Crippen molar-refractivity contribution < 1.29 is 8.42 Å². The maximum absolute atomic E-state index is 11.3. The van der Waals surface area contributed by atoms with E-state index in [1.165, 1.54) is 0 Å². The molecule has 0 fully saturated rings. The molecule has 90 valence electrons. The van der Waals surface area contributed by atoms with E-state index in [0.717, 1.165) is 3.57 Å². The normalized spacial score (nSPS) is 11.4. The van der Waals surface area contributed by atoms with Crippen LogP contribution in [0.3, 0.4) is 0 Å². The molecule has 0 atom stereocenters. The van der Waals surface area contributed by atoms with Gasteiger partial charge in [0.05, 0.1) is 5.75 Å². The first kappa shape index (κ1) is 13.6. The molecule has 0 aliphatic rings. The van der Waals surface area contributed by atoms with Crippen LogP contribution in [0.15, 0.2) is 12.4 Å². The van der Waals surface area contributed by atoms with E-state index in [1.807, 2.05) is 0 Å². The van der Waals surface area contributed by atoms with Crippen molar-refractivity contribution in [3.05, 3.63) is 16.0 Å². The Bertz CT molecular complexity index is 420. The Kier molecular flexibility index (Phi) is 5.35. The van der Waals surface area contributed by atoms with Gasteiger partial charge in [0.1, 0.15) is 0 Å². The number of halogens is 1. The molecular formula is C8H13IN4O2S. The molecule has 2 N–H and O–H groups in total. The van der Waals surface area contributed by atoms with E-state index in [1.54, 1.807) is 19.3 Å². The van der Waals surface area contributed by atoms with E-state index >= 15 is 0 Å². The molecule has 0 saturated carbocycles. The second-order valence-corrected chi connectivity index (χ2v) is 6.14. The molecule has 0 aliphatic carbocycles. The van der Waals surface area contributed by atoms with Crippen molar-refractivity contribution in [1.82, 2.24) is 14.7 Å². The molecule has 0 bridgehead atoms. The third-order valence-electron chi connectivity index (χ3n) is 1.64. The molecule has 0 spiro atoms. The molecule has 1 heterocycles. The number of rotatable bonds is 6. The number of hydrogen-bond acceptors (Lipinski definition) is 5. The van der Waals surface area contributed by atoms with Crippen LogP contribution in [-0.2, 0) is 10.0 Å². The van der Waals surface area contributed by atoms with E-state index < -0.39 is 10.0 Å². The van der Waals surface area contributed by atoms with Crippen LogP contribution in [0.25, 0.3) is 0 Å². The predicted octanol–water partition coefficient (Wildman–Crippen LogP) is 0.432. The van der Waals surface area contributed by atoms with Crippen molar-refractivity contribution in [3.63, 3.8) is 0 Å². The third kappa shape index (κ3) is 5.03. The van der Waals surface area contributed by atoms with Gasteiger partial charge in [0.2, 0.25) is 16.0 Å². The van der Waals surface area contributed by atoms with Gasteiger partial charge < -0.3 is 5.32 Å². The van der Waals surface area contributed by atoms with E-state index in [2.05, 4.69) is 42.6 Å². The molecule has 16 heavy (non-hydrogen) atoms. The predicted molar refractivity (Wildman–Crippen MR) is 70.7 cm³/mol. The highest BCUT2D eigenvalue weighted by molar-refractivity contribution is 14.1. The molecule has 0 saturated heterocycles. The number of sulfonamides is 1. The summed E-state index contributed by atoms with van der Waals surface area (Å²) in [5, 5.41) is 2.84. The smallest absolute Gasteiger partial charge is 0.222 e. The van der Waals surface area contributed by atoms with E-state index in [-0.39, 0.29) is 12.3 Å². The Labute approximate surface area is 108 Å². The summed E-state index contributed by atoms with van der Waals surface area (Å²) in [6.45, 7) is 2.44. The molecule has 0 aliphatic heterocycles. The van der Waals surface area contributed by atoms with Gasteiger partial charge in [0.25, 0.3) is 0 Å². The number of nitrogens with one attached hydrogen (secondary N) is 2. The zero-order chi connectivity index (χ0) is 12.0. The minimum Gasteiger partial charge on any atom is -0.353 e. The van der Waals surface area contributed by atoms with Crippen molar-refractivity contribution in [2.45, 2.75) is 6.92 Å². The zero-order valence-corrected chi connectivity index (χ0v) is 11.7. The summed E-state index contributed by atoms with van der Waals surface area (Å²) in [4.78, 5) is 8.00. The van der Waals surface area contributed by atoms with E-state index in [4.69, 9.17) is 0 Å².